The van der Waals surface area contributed by atoms with Crippen molar-refractivity contribution in [1.29, 1.82) is 0 Å². The van der Waals surface area contributed by atoms with Gasteiger partial charge in [0.25, 0.3) is 0 Å². The molecule has 2 unspecified atom stereocenters. The molecular formula is C34H28O8. The molecule has 0 aromatic heterocycles. The summed E-state index contributed by atoms with van der Waals surface area (Å²) < 4.78 is 13.0. The van der Waals surface area contributed by atoms with E-state index in [9.17, 15) is 30.6 Å². The standard InChI is InChI=1S/C34H28O8/c1-34-15-24(22-8-6-21(37)14-29(22)42-34)31-25(16-34)32-28(40)10-17(2-3-18-4-5-19(35)12-26(18)38)11-30(32)41-33(31)23-9-7-20(36)13-27(23)39/h2,4-10,12-14,16,24,35-40H,3,11,15H2,1H3. The Bertz CT molecular complexity index is 1840. The van der Waals surface area contributed by atoms with Gasteiger partial charge in [0, 0.05) is 48.1 Å². The number of fused-ring (bicyclic) bond motifs is 7. The summed E-state index contributed by atoms with van der Waals surface area (Å²) in [5.41, 5.74) is 3.92. The molecule has 8 heteroatoms. The summed E-state index contributed by atoms with van der Waals surface area (Å²) in [6.45, 7) is 1.96. The average Bonchev–Trinajstić information content (AvgIpc) is 2.91. The van der Waals surface area contributed by atoms with Crippen LogP contribution in [0.15, 0.2) is 107 Å². The molecule has 2 atom stereocenters. The summed E-state index contributed by atoms with van der Waals surface area (Å²) in [4.78, 5) is 0. The van der Waals surface area contributed by atoms with Crippen molar-refractivity contribution in [1.82, 2.24) is 0 Å². The molecule has 2 aliphatic carbocycles. The highest BCUT2D eigenvalue weighted by molar-refractivity contribution is 5.82. The zero-order chi connectivity index (χ0) is 29.3. The lowest BCUT2D eigenvalue weighted by atomic mass is 9.67. The highest BCUT2D eigenvalue weighted by Gasteiger charge is 2.48. The second-order valence-corrected chi connectivity index (χ2v) is 11.3. The van der Waals surface area contributed by atoms with Gasteiger partial charge in [0.2, 0.25) is 0 Å². The van der Waals surface area contributed by atoms with E-state index >= 15 is 0 Å². The van der Waals surface area contributed by atoms with Gasteiger partial charge < -0.3 is 40.1 Å². The number of aliphatic hydroxyl groups excluding tert-OH is 1. The molecule has 2 bridgehead atoms. The van der Waals surface area contributed by atoms with Crippen LogP contribution in [0.5, 0.6) is 34.5 Å². The fourth-order valence-electron chi connectivity index (χ4n) is 6.39. The van der Waals surface area contributed by atoms with Crippen molar-refractivity contribution in [3.63, 3.8) is 0 Å². The van der Waals surface area contributed by atoms with Gasteiger partial charge >= 0.3 is 0 Å². The van der Waals surface area contributed by atoms with Gasteiger partial charge in [-0.3, -0.25) is 0 Å². The molecule has 2 heterocycles. The lowest BCUT2D eigenvalue weighted by molar-refractivity contribution is 0.0993. The Morgan fingerprint density at radius 2 is 1.60 bits per heavy atom. The first-order valence-electron chi connectivity index (χ1n) is 13.6. The minimum atomic E-state index is -0.741. The van der Waals surface area contributed by atoms with Crippen LogP contribution in [-0.2, 0) is 11.2 Å². The number of allylic oxidation sites excluding steroid dienone is 5. The molecule has 3 aromatic carbocycles. The monoisotopic (exact) mass is 564 g/mol. The van der Waals surface area contributed by atoms with Gasteiger partial charge in [-0.15, -0.1) is 0 Å². The van der Waals surface area contributed by atoms with E-state index in [-0.39, 0.29) is 40.4 Å². The molecule has 42 heavy (non-hydrogen) atoms. The van der Waals surface area contributed by atoms with Crippen LogP contribution in [0.1, 0.15) is 42.4 Å². The summed E-state index contributed by atoms with van der Waals surface area (Å²) in [6, 6.07) is 13.8. The molecule has 7 rings (SSSR count). The van der Waals surface area contributed by atoms with E-state index in [1.54, 1.807) is 30.3 Å². The van der Waals surface area contributed by atoms with Gasteiger partial charge in [-0.2, -0.15) is 0 Å². The van der Waals surface area contributed by atoms with Crippen molar-refractivity contribution in [2.75, 3.05) is 0 Å². The summed E-state index contributed by atoms with van der Waals surface area (Å²) in [5.74, 6) is 1.03. The van der Waals surface area contributed by atoms with Gasteiger partial charge in [0.05, 0.1) is 11.1 Å². The Labute approximate surface area is 241 Å². The minimum absolute atomic E-state index is 0.0182. The van der Waals surface area contributed by atoms with Crippen LogP contribution in [0.2, 0.25) is 0 Å². The fourth-order valence-corrected chi connectivity index (χ4v) is 6.39. The Kier molecular flexibility index (Phi) is 5.59. The fraction of sp³-hybridized carbons (Fsp3) is 0.176. The second-order valence-electron chi connectivity index (χ2n) is 11.3. The number of aromatic hydroxyl groups is 5. The first-order valence-corrected chi connectivity index (χ1v) is 13.6. The molecule has 2 aliphatic heterocycles. The average molecular weight is 565 g/mol. The van der Waals surface area contributed by atoms with Gasteiger partial charge in [-0.25, -0.2) is 0 Å². The van der Waals surface area contributed by atoms with Crippen molar-refractivity contribution in [2.45, 2.75) is 37.7 Å². The lowest BCUT2D eigenvalue weighted by Crippen LogP contribution is -2.41. The zero-order valence-electron chi connectivity index (χ0n) is 22.6. The van der Waals surface area contributed by atoms with E-state index in [1.165, 1.54) is 24.3 Å². The third-order valence-electron chi connectivity index (χ3n) is 8.25. The zero-order valence-corrected chi connectivity index (χ0v) is 22.6. The summed E-state index contributed by atoms with van der Waals surface area (Å²) in [7, 11) is 0. The SMILES string of the molecule is CC12C=C3C4=C(CC(=CCc5ccc(O)cc5O)C=C4O)OC(c4ccc(O)cc4O)=C3C(C1)c1ccc(O)cc1O2. The van der Waals surface area contributed by atoms with E-state index < -0.39 is 5.60 Å². The van der Waals surface area contributed by atoms with E-state index in [0.29, 0.717) is 53.2 Å². The highest BCUT2D eigenvalue weighted by Crippen LogP contribution is 2.58. The van der Waals surface area contributed by atoms with Crippen LogP contribution in [0, 0.1) is 0 Å². The molecule has 0 amide bonds. The highest BCUT2D eigenvalue weighted by atomic mass is 16.5. The number of phenolic OH excluding ortho intramolecular Hbond substituents is 5. The van der Waals surface area contributed by atoms with Crippen molar-refractivity contribution < 1.29 is 40.1 Å². The minimum Gasteiger partial charge on any atom is -0.508 e. The number of phenols is 5. The van der Waals surface area contributed by atoms with Crippen molar-refractivity contribution >= 4 is 5.76 Å². The Balaban J connectivity index is 1.36. The maximum atomic E-state index is 11.4. The smallest absolute Gasteiger partial charge is 0.142 e. The number of benzene rings is 3. The quantitative estimate of drug-likeness (QED) is 0.212. The molecule has 8 nitrogen and oxygen atoms in total. The molecule has 0 spiro atoms. The molecule has 6 N–H and O–H groups in total. The molecule has 0 saturated carbocycles. The summed E-state index contributed by atoms with van der Waals surface area (Å²) in [5, 5.41) is 62.3. The van der Waals surface area contributed by atoms with Crippen LogP contribution >= 0.6 is 0 Å². The van der Waals surface area contributed by atoms with Crippen LogP contribution in [0.4, 0.5) is 0 Å². The van der Waals surface area contributed by atoms with E-state index in [1.807, 2.05) is 25.1 Å². The molecule has 212 valence electrons. The van der Waals surface area contributed by atoms with Crippen molar-refractivity contribution in [3.05, 3.63) is 123 Å². The first-order chi connectivity index (χ1) is 20.1. The van der Waals surface area contributed by atoms with Crippen LogP contribution in [0.25, 0.3) is 5.76 Å². The molecule has 0 fully saturated rings. The predicted octanol–water partition coefficient (Wildman–Crippen LogP) is 6.49. The summed E-state index contributed by atoms with van der Waals surface area (Å²) in [6.07, 6.45) is 6.79. The van der Waals surface area contributed by atoms with E-state index in [4.69, 9.17) is 9.47 Å². The molecule has 3 aromatic rings. The maximum Gasteiger partial charge on any atom is 0.142 e. The number of hydrogen-bond donors (Lipinski definition) is 6. The van der Waals surface area contributed by atoms with Crippen LogP contribution in [-0.4, -0.2) is 36.2 Å². The van der Waals surface area contributed by atoms with Crippen molar-refractivity contribution in [3.8, 4) is 34.5 Å². The second kappa shape index (κ2) is 9.14. The number of rotatable bonds is 3. The maximum absolute atomic E-state index is 11.4. The largest absolute Gasteiger partial charge is 0.508 e. The van der Waals surface area contributed by atoms with Crippen molar-refractivity contribution in [2.24, 2.45) is 0 Å². The number of aliphatic hydroxyl groups is 1. The van der Waals surface area contributed by atoms with E-state index in [0.717, 1.165) is 22.3 Å². The van der Waals surface area contributed by atoms with Gasteiger partial charge in [-0.1, -0.05) is 18.2 Å². The van der Waals surface area contributed by atoms with Crippen LogP contribution < -0.4 is 4.74 Å². The third-order valence-corrected chi connectivity index (χ3v) is 8.25. The molecule has 0 radical (unpaired) electrons. The number of hydrogen-bond acceptors (Lipinski definition) is 8. The Morgan fingerprint density at radius 1 is 0.881 bits per heavy atom. The van der Waals surface area contributed by atoms with Gasteiger partial charge in [-0.05, 0) is 66.5 Å². The number of ether oxygens (including phenoxy) is 2. The molecule has 0 saturated heterocycles. The molecule has 4 aliphatic rings. The first kappa shape index (κ1) is 25.7. The van der Waals surface area contributed by atoms with Gasteiger partial charge in [0.1, 0.15) is 57.4 Å². The summed E-state index contributed by atoms with van der Waals surface area (Å²) >= 11 is 0. The predicted molar refractivity (Wildman–Crippen MR) is 154 cm³/mol. The normalized spacial score (nSPS) is 23.3. The topological polar surface area (TPSA) is 140 Å². The van der Waals surface area contributed by atoms with E-state index in [2.05, 4.69) is 0 Å². The lowest BCUT2D eigenvalue weighted by Gasteiger charge is -2.46. The third kappa shape index (κ3) is 4.15. The molecular weight excluding hydrogens is 536 g/mol. The Morgan fingerprint density at radius 3 is 2.36 bits per heavy atom. The van der Waals surface area contributed by atoms with Gasteiger partial charge in [0.15, 0.2) is 0 Å². The van der Waals surface area contributed by atoms with Crippen LogP contribution in [0.3, 0.4) is 0 Å². The Hall–Kier alpha value is -5.24.